The highest BCUT2D eigenvalue weighted by Crippen LogP contribution is 2.19. The highest BCUT2D eigenvalue weighted by molar-refractivity contribution is 6.30. The molecule has 0 fully saturated rings. The van der Waals surface area contributed by atoms with Gasteiger partial charge in [0.05, 0.1) is 17.1 Å². The minimum atomic E-state index is -0.435. The van der Waals surface area contributed by atoms with Crippen molar-refractivity contribution in [2.45, 2.75) is 19.4 Å². The largest absolute Gasteiger partial charge is 0.349 e. The predicted octanol–water partition coefficient (Wildman–Crippen LogP) is 2.57. The van der Waals surface area contributed by atoms with Gasteiger partial charge in [-0.15, -0.1) is 0 Å². The molecule has 1 aromatic carbocycles. The molecule has 0 saturated heterocycles. The number of aryl methyl sites for hydroxylation is 1. The lowest BCUT2D eigenvalue weighted by Gasteiger charge is -2.02. The minimum absolute atomic E-state index is 0.145. The van der Waals surface area contributed by atoms with Gasteiger partial charge in [0.25, 0.3) is 0 Å². The predicted molar refractivity (Wildman–Crippen MR) is 86.9 cm³/mol. The summed E-state index contributed by atoms with van der Waals surface area (Å²) in [4.78, 5) is 23.9. The fraction of sp³-hybridized carbons (Fsp3) is 0.188. The van der Waals surface area contributed by atoms with E-state index in [1.807, 2.05) is 0 Å². The van der Waals surface area contributed by atoms with Gasteiger partial charge in [0.15, 0.2) is 0 Å². The van der Waals surface area contributed by atoms with Crippen LogP contribution in [0.5, 0.6) is 0 Å². The molecule has 3 rings (SSSR count). The Morgan fingerprint density at radius 3 is 2.76 bits per heavy atom. The Labute approximate surface area is 147 Å². The summed E-state index contributed by atoms with van der Waals surface area (Å²) in [6, 6.07) is 6.13. The van der Waals surface area contributed by atoms with Crippen molar-refractivity contribution in [3.63, 3.8) is 0 Å². The summed E-state index contributed by atoms with van der Waals surface area (Å²) in [7, 11) is 0. The molecule has 7 nitrogen and oxygen atoms in total. The quantitative estimate of drug-likeness (QED) is 0.725. The van der Waals surface area contributed by atoms with Crippen molar-refractivity contribution >= 4 is 17.5 Å². The maximum absolute atomic E-state index is 13.7. The number of carbonyl (C=O) groups is 1. The first-order valence-electron chi connectivity index (χ1n) is 7.42. The van der Waals surface area contributed by atoms with E-state index < -0.39 is 5.82 Å². The van der Waals surface area contributed by atoms with E-state index in [0.717, 1.165) is 0 Å². The van der Waals surface area contributed by atoms with Gasteiger partial charge in [-0.3, -0.25) is 4.79 Å². The molecule has 1 N–H and O–H groups in total. The van der Waals surface area contributed by atoms with Crippen LogP contribution < -0.4 is 5.32 Å². The van der Waals surface area contributed by atoms with Crippen LogP contribution in [0.3, 0.4) is 0 Å². The van der Waals surface area contributed by atoms with E-state index in [1.165, 1.54) is 18.5 Å². The molecular formula is C16H13ClFN5O2. The van der Waals surface area contributed by atoms with Gasteiger partial charge in [0.1, 0.15) is 11.6 Å². The third-order valence-electron chi connectivity index (χ3n) is 3.27. The number of amides is 1. The number of nitrogens with one attached hydrogen (secondary N) is 1. The first kappa shape index (κ1) is 17.0. The minimum Gasteiger partial charge on any atom is -0.349 e. The molecule has 0 radical (unpaired) electrons. The van der Waals surface area contributed by atoms with E-state index in [2.05, 4.69) is 25.4 Å². The number of carbonyl (C=O) groups excluding carboxylic acids is 1. The average molecular weight is 362 g/mol. The van der Waals surface area contributed by atoms with E-state index in [9.17, 15) is 9.18 Å². The van der Waals surface area contributed by atoms with Crippen LogP contribution in [0.25, 0.3) is 11.4 Å². The number of hydrogen-bond acceptors (Lipinski definition) is 6. The fourth-order valence-electron chi connectivity index (χ4n) is 2.03. The zero-order valence-corrected chi connectivity index (χ0v) is 13.7. The molecule has 0 saturated carbocycles. The summed E-state index contributed by atoms with van der Waals surface area (Å²) < 4.78 is 18.7. The van der Waals surface area contributed by atoms with Crippen LogP contribution in [0.1, 0.15) is 18.1 Å². The highest BCUT2D eigenvalue weighted by Gasteiger charge is 2.13. The van der Waals surface area contributed by atoms with Crippen LogP contribution in [-0.4, -0.2) is 26.0 Å². The number of benzene rings is 1. The maximum Gasteiger partial charge on any atom is 0.227 e. The first-order valence-corrected chi connectivity index (χ1v) is 7.80. The Morgan fingerprint density at radius 1 is 1.24 bits per heavy atom. The number of aromatic nitrogens is 4. The lowest BCUT2D eigenvalue weighted by atomic mass is 10.2. The van der Waals surface area contributed by atoms with Gasteiger partial charge >= 0.3 is 0 Å². The molecule has 0 spiro atoms. The van der Waals surface area contributed by atoms with Crippen molar-refractivity contribution in [2.24, 2.45) is 0 Å². The first-order chi connectivity index (χ1) is 12.1. The number of nitrogens with zero attached hydrogens (tertiary/aromatic N) is 4. The van der Waals surface area contributed by atoms with Crippen LogP contribution in [0.4, 0.5) is 4.39 Å². The Hall–Kier alpha value is -2.87. The van der Waals surface area contributed by atoms with Crippen molar-refractivity contribution in [1.82, 2.24) is 25.4 Å². The summed E-state index contributed by atoms with van der Waals surface area (Å²) in [6.07, 6.45) is 3.30. The fourth-order valence-corrected chi connectivity index (χ4v) is 2.12. The zero-order valence-electron chi connectivity index (χ0n) is 12.9. The standard InChI is InChI=1S/C16H13ClFN5O2/c17-10-7-19-13(20-8-10)9-21-14(24)5-6-15-22-16(23-25-15)11-3-1-2-4-12(11)18/h1-4,7-8H,5-6,9H2,(H,21,24). The lowest BCUT2D eigenvalue weighted by Crippen LogP contribution is -2.24. The van der Waals surface area contributed by atoms with Gasteiger partial charge < -0.3 is 9.84 Å². The van der Waals surface area contributed by atoms with Crippen LogP contribution in [0, 0.1) is 5.82 Å². The molecule has 2 aromatic heterocycles. The lowest BCUT2D eigenvalue weighted by molar-refractivity contribution is -0.121. The Kier molecular flexibility index (Phi) is 5.30. The topological polar surface area (TPSA) is 93.8 Å². The number of hydrogen-bond donors (Lipinski definition) is 1. The molecule has 3 aromatic rings. The third-order valence-corrected chi connectivity index (χ3v) is 3.46. The second-order valence-electron chi connectivity index (χ2n) is 5.09. The zero-order chi connectivity index (χ0) is 17.6. The molecule has 9 heteroatoms. The summed E-state index contributed by atoms with van der Waals surface area (Å²) in [5, 5.41) is 6.84. The molecule has 0 bridgehead atoms. The van der Waals surface area contributed by atoms with E-state index in [0.29, 0.717) is 10.8 Å². The molecular weight excluding hydrogens is 349 g/mol. The van der Waals surface area contributed by atoms with Gasteiger partial charge in [-0.25, -0.2) is 14.4 Å². The third kappa shape index (κ3) is 4.57. The van der Waals surface area contributed by atoms with Crippen molar-refractivity contribution in [2.75, 3.05) is 0 Å². The molecule has 0 aliphatic rings. The van der Waals surface area contributed by atoms with Crippen molar-refractivity contribution in [1.29, 1.82) is 0 Å². The normalized spacial score (nSPS) is 10.6. The Morgan fingerprint density at radius 2 is 2.00 bits per heavy atom. The van der Waals surface area contributed by atoms with E-state index in [4.69, 9.17) is 16.1 Å². The molecule has 1 amide bonds. The van der Waals surface area contributed by atoms with Crippen molar-refractivity contribution < 1.29 is 13.7 Å². The smallest absolute Gasteiger partial charge is 0.227 e. The second kappa shape index (κ2) is 7.80. The van der Waals surface area contributed by atoms with Crippen LogP contribution in [-0.2, 0) is 17.8 Å². The summed E-state index contributed by atoms with van der Waals surface area (Å²) in [6.45, 7) is 0.195. The highest BCUT2D eigenvalue weighted by atomic mass is 35.5. The Balaban J connectivity index is 1.51. The maximum atomic E-state index is 13.7. The van der Waals surface area contributed by atoms with Crippen molar-refractivity contribution in [3.8, 4) is 11.4 Å². The summed E-state index contributed by atoms with van der Waals surface area (Å²) in [5.74, 6) is 0.219. The van der Waals surface area contributed by atoms with Gasteiger partial charge in [0.2, 0.25) is 17.6 Å². The van der Waals surface area contributed by atoms with Gasteiger partial charge in [0, 0.05) is 25.2 Å². The SMILES string of the molecule is O=C(CCc1nc(-c2ccccc2F)no1)NCc1ncc(Cl)cn1. The molecule has 2 heterocycles. The molecule has 25 heavy (non-hydrogen) atoms. The average Bonchev–Trinajstić information content (AvgIpc) is 3.08. The van der Waals surface area contributed by atoms with E-state index in [-0.39, 0.29) is 42.6 Å². The number of halogens is 2. The molecule has 0 aliphatic carbocycles. The van der Waals surface area contributed by atoms with E-state index >= 15 is 0 Å². The summed E-state index contributed by atoms with van der Waals surface area (Å²) in [5.41, 5.74) is 0.252. The second-order valence-corrected chi connectivity index (χ2v) is 5.52. The molecule has 128 valence electrons. The van der Waals surface area contributed by atoms with Crippen LogP contribution >= 0.6 is 11.6 Å². The summed E-state index contributed by atoms with van der Waals surface area (Å²) >= 11 is 5.69. The van der Waals surface area contributed by atoms with Crippen LogP contribution in [0.2, 0.25) is 5.02 Å². The number of rotatable bonds is 6. The van der Waals surface area contributed by atoms with Gasteiger partial charge in [-0.1, -0.05) is 28.9 Å². The van der Waals surface area contributed by atoms with Crippen LogP contribution in [0.15, 0.2) is 41.2 Å². The Bertz CT molecular complexity index is 869. The molecule has 0 aliphatic heterocycles. The monoisotopic (exact) mass is 361 g/mol. The van der Waals surface area contributed by atoms with Gasteiger partial charge in [-0.05, 0) is 12.1 Å². The van der Waals surface area contributed by atoms with Crippen molar-refractivity contribution in [3.05, 3.63) is 59.2 Å². The molecule has 0 unspecified atom stereocenters. The molecule has 0 atom stereocenters. The van der Waals surface area contributed by atoms with Gasteiger partial charge in [-0.2, -0.15) is 4.98 Å². The van der Waals surface area contributed by atoms with E-state index in [1.54, 1.807) is 18.2 Å².